The SMILES string of the molecule is CCC(C)NC(=O)c1cc(N)cc(C)c1F. The van der Waals surface area contributed by atoms with Crippen molar-refractivity contribution in [3.63, 3.8) is 0 Å². The quantitative estimate of drug-likeness (QED) is 0.774. The van der Waals surface area contributed by atoms with Gasteiger partial charge in [-0.25, -0.2) is 4.39 Å². The molecule has 0 fully saturated rings. The van der Waals surface area contributed by atoms with Crippen LogP contribution in [0.25, 0.3) is 0 Å². The van der Waals surface area contributed by atoms with Gasteiger partial charge >= 0.3 is 0 Å². The van der Waals surface area contributed by atoms with Gasteiger partial charge in [-0.1, -0.05) is 6.92 Å². The molecule has 0 aliphatic carbocycles. The highest BCUT2D eigenvalue weighted by atomic mass is 19.1. The van der Waals surface area contributed by atoms with Gasteiger partial charge < -0.3 is 11.1 Å². The van der Waals surface area contributed by atoms with Crippen LogP contribution in [0.2, 0.25) is 0 Å². The minimum Gasteiger partial charge on any atom is -0.399 e. The summed E-state index contributed by atoms with van der Waals surface area (Å²) in [6, 6.07) is 2.89. The predicted molar refractivity (Wildman–Crippen MR) is 62.8 cm³/mol. The maximum Gasteiger partial charge on any atom is 0.254 e. The van der Waals surface area contributed by atoms with Gasteiger partial charge in [0.15, 0.2) is 0 Å². The number of carbonyl (C=O) groups is 1. The van der Waals surface area contributed by atoms with Gasteiger partial charge in [0.2, 0.25) is 0 Å². The number of nitrogens with two attached hydrogens (primary N) is 1. The Morgan fingerprint density at radius 2 is 2.19 bits per heavy atom. The molecular formula is C12H17FN2O. The molecule has 0 radical (unpaired) electrons. The number of amides is 1. The smallest absolute Gasteiger partial charge is 0.254 e. The van der Waals surface area contributed by atoms with Crippen LogP contribution in [0.5, 0.6) is 0 Å². The molecule has 0 aliphatic rings. The van der Waals surface area contributed by atoms with Crippen molar-refractivity contribution in [2.24, 2.45) is 0 Å². The van der Waals surface area contributed by atoms with Gasteiger partial charge in [0, 0.05) is 11.7 Å². The van der Waals surface area contributed by atoms with E-state index in [0.717, 1.165) is 6.42 Å². The lowest BCUT2D eigenvalue weighted by molar-refractivity contribution is 0.0935. The van der Waals surface area contributed by atoms with E-state index < -0.39 is 11.7 Å². The fourth-order valence-corrected chi connectivity index (χ4v) is 1.37. The predicted octanol–water partition coefficient (Wildman–Crippen LogP) is 2.24. The molecule has 88 valence electrons. The van der Waals surface area contributed by atoms with Crippen LogP contribution in [0.15, 0.2) is 12.1 Å². The van der Waals surface area contributed by atoms with Crippen molar-refractivity contribution in [2.75, 3.05) is 5.73 Å². The zero-order chi connectivity index (χ0) is 12.3. The summed E-state index contributed by atoms with van der Waals surface area (Å²) < 4.78 is 13.7. The van der Waals surface area contributed by atoms with Crippen molar-refractivity contribution in [1.29, 1.82) is 0 Å². The summed E-state index contributed by atoms with van der Waals surface area (Å²) in [5.41, 5.74) is 6.37. The third-order valence-electron chi connectivity index (χ3n) is 2.51. The van der Waals surface area contributed by atoms with E-state index >= 15 is 0 Å². The Bertz CT molecular complexity index is 404. The average molecular weight is 224 g/mol. The maximum atomic E-state index is 13.7. The van der Waals surface area contributed by atoms with E-state index in [0.29, 0.717) is 11.3 Å². The highest BCUT2D eigenvalue weighted by Gasteiger charge is 2.15. The largest absolute Gasteiger partial charge is 0.399 e. The third kappa shape index (κ3) is 2.72. The third-order valence-corrected chi connectivity index (χ3v) is 2.51. The van der Waals surface area contributed by atoms with Crippen molar-refractivity contribution in [2.45, 2.75) is 33.2 Å². The lowest BCUT2D eigenvalue weighted by Gasteiger charge is -2.13. The highest BCUT2D eigenvalue weighted by Crippen LogP contribution is 2.17. The minimum absolute atomic E-state index is 0.0119. The van der Waals surface area contributed by atoms with Gasteiger partial charge in [-0.05, 0) is 38.0 Å². The van der Waals surface area contributed by atoms with Gasteiger partial charge in [0.1, 0.15) is 5.82 Å². The number of nitrogen functional groups attached to an aromatic ring is 1. The molecule has 1 aromatic rings. The van der Waals surface area contributed by atoms with Crippen LogP contribution in [0.1, 0.15) is 36.2 Å². The first-order valence-corrected chi connectivity index (χ1v) is 5.32. The zero-order valence-corrected chi connectivity index (χ0v) is 9.80. The Labute approximate surface area is 94.8 Å². The Balaban J connectivity index is 2.99. The standard InChI is InChI=1S/C12H17FN2O/c1-4-8(3)15-12(16)10-6-9(14)5-7(2)11(10)13/h5-6,8H,4,14H2,1-3H3,(H,15,16). The Hall–Kier alpha value is -1.58. The maximum absolute atomic E-state index is 13.7. The van der Waals surface area contributed by atoms with E-state index in [1.807, 2.05) is 13.8 Å². The second-order valence-corrected chi connectivity index (χ2v) is 3.98. The zero-order valence-electron chi connectivity index (χ0n) is 9.80. The summed E-state index contributed by atoms with van der Waals surface area (Å²) in [4.78, 5) is 11.7. The van der Waals surface area contributed by atoms with Crippen LogP contribution in [-0.2, 0) is 0 Å². The van der Waals surface area contributed by atoms with E-state index in [4.69, 9.17) is 5.73 Å². The lowest BCUT2D eigenvalue weighted by Crippen LogP contribution is -2.32. The molecule has 1 amide bonds. The van der Waals surface area contributed by atoms with Crippen molar-refractivity contribution in [1.82, 2.24) is 5.32 Å². The molecule has 0 bridgehead atoms. The molecule has 4 heteroatoms. The van der Waals surface area contributed by atoms with E-state index in [2.05, 4.69) is 5.32 Å². The molecular weight excluding hydrogens is 207 g/mol. The molecule has 0 saturated heterocycles. The van der Waals surface area contributed by atoms with E-state index in [1.165, 1.54) is 12.1 Å². The van der Waals surface area contributed by atoms with Crippen LogP contribution < -0.4 is 11.1 Å². The molecule has 1 aromatic carbocycles. The number of hydrogen-bond donors (Lipinski definition) is 2. The van der Waals surface area contributed by atoms with E-state index in [9.17, 15) is 9.18 Å². The first-order chi connectivity index (χ1) is 7.45. The molecule has 0 saturated carbocycles. The van der Waals surface area contributed by atoms with Crippen LogP contribution in [-0.4, -0.2) is 11.9 Å². The molecule has 0 aliphatic heterocycles. The number of carbonyl (C=O) groups excluding carboxylic acids is 1. The first kappa shape index (κ1) is 12.5. The average Bonchev–Trinajstić information content (AvgIpc) is 2.22. The number of aryl methyl sites for hydroxylation is 1. The van der Waals surface area contributed by atoms with Crippen molar-refractivity contribution in [3.8, 4) is 0 Å². The van der Waals surface area contributed by atoms with Crippen molar-refractivity contribution in [3.05, 3.63) is 29.1 Å². The van der Waals surface area contributed by atoms with Crippen LogP contribution in [0, 0.1) is 12.7 Å². The molecule has 3 N–H and O–H groups in total. The van der Waals surface area contributed by atoms with Gasteiger partial charge in [-0.15, -0.1) is 0 Å². The molecule has 1 atom stereocenters. The summed E-state index contributed by atoms with van der Waals surface area (Å²) in [5.74, 6) is -0.919. The summed E-state index contributed by atoms with van der Waals surface area (Å²) in [5, 5.41) is 2.71. The van der Waals surface area contributed by atoms with Crippen molar-refractivity contribution < 1.29 is 9.18 Å². The number of nitrogens with one attached hydrogen (secondary N) is 1. The molecule has 3 nitrogen and oxygen atoms in total. The fraction of sp³-hybridized carbons (Fsp3) is 0.417. The Morgan fingerprint density at radius 3 is 2.75 bits per heavy atom. The number of halogens is 1. The van der Waals surface area contributed by atoms with Crippen LogP contribution in [0.3, 0.4) is 0 Å². The Morgan fingerprint density at radius 1 is 1.56 bits per heavy atom. The normalized spacial score (nSPS) is 12.2. The summed E-state index contributed by atoms with van der Waals surface area (Å²) >= 11 is 0. The molecule has 0 spiro atoms. The summed E-state index contributed by atoms with van der Waals surface area (Å²) in [6.07, 6.45) is 0.800. The number of benzene rings is 1. The molecule has 0 aromatic heterocycles. The number of hydrogen-bond acceptors (Lipinski definition) is 2. The molecule has 1 unspecified atom stereocenters. The van der Waals surface area contributed by atoms with E-state index in [-0.39, 0.29) is 11.6 Å². The van der Waals surface area contributed by atoms with E-state index in [1.54, 1.807) is 6.92 Å². The number of rotatable bonds is 3. The lowest BCUT2D eigenvalue weighted by atomic mass is 10.1. The monoisotopic (exact) mass is 224 g/mol. The van der Waals surface area contributed by atoms with Gasteiger partial charge in [0.25, 0.3) is 5.91 Å². The minimum atomic E-state index is -0.505. The first-order valence-electron chi connectivity index (χ1n) is 5.32. The topological polar surface area (TPSA) is 55.1 Å². The van der Waals surface area contributed by atoms with Gasteiger partial charge in [-0.2, -0.15) is 0 Å². The van der Waals surface area contributed by atoms with Gasteiger partial charge in [-0.3, -0.25) is 4.79 Å². The molecule has 16 heavy (non-hydrogen) atoms. The number of anilines is 1. The molecule has 0 heterocycles. The van der Waals surface area contributed by atoms with Crippen LogP contribution in [0.4, 0.5) is 10.1 Å². The van der Waals surface area contributed by atoms with Crippen LogP contribution >= 0.6 is 0 Å². The second-order valence-electron chi connectivity index (χ2n) is 3.98. The fourth-order valence-electron chi connectivity index (χ4n) is 1.37. The summed E-state index contributed by atoms with van der Waals surface area (Å²) in [6.45, 7) is 5.41. The van der Waals surface area contributed by atoms with Gasteiger partial charge in [0.05, 0.1) is 5.56 Å². The molecule has 1 rings (SSSR count). The summed E-state index contributed by atoms with van der Waals surface area (Å²) in [7, 11) is 0. The second kappa shape index (κ2) is 4.96. The highest BCUT2D eigenvalue weighted by molar-refractivity contribution is 5.95. The van der Waals surface area contributed by atoms with Crippen molar-refractivity contribution >= 4 is 11.6 Å². The Kier molecular flexibility index (Phi) is 3.88.